The summed E-state index contributed by atoms with van der Waals surface area (Å²) in [6.45, 7) is 13.0. The topological polar surface area (TPSA) is 74.0 Å². The molecule has 0 aromatic heterocycles. The highest BCUT2D eigenvalue weighted by Crippen LogP contribution is 2.00. The van der Waals surface area contributed by atoms with Gasteiger partial charge in [0.05, 0.1) is 6.54 Å². The lowest BCUT2D eigenvalue weighted by Gasteiger charge is -2.34. The Balaban J connectivity index is 2.15. The van der Waals surface area contributed by atoms with Crippen LogP contribution in [-0.4, -0.2) is 67.5 Å². The maximum Gasteiger partial charge on any atom is 0.219 e. The lowest BCUT2D eigenvalue weighted by Crippen LogP contribution is -2.50. The number of carbonyl (C=O) groups excluding carboxylic acids is 1. The fraction of sp³-hybridized carbons (Fsp3) is 0.692. The monoisotopic (exact) mass is 267 g/mol. The van der Waals surface area contributed by atoms with Crippen LogP contribution >= 0.6 is 0 Å². The summed E-state index contributed by atoms with van der Waals surface area (Å²) in [5.41, 5.74) is 6.72. The van der Waals surface area contributed by atoms with E-state index in [0.717, 1.165) is 44.8 Å². The molecule has 108 valence electrons. The van der Waals surface area contributed by atoms with Crippen molar-refractivity contribution in [1.82, 2.24) is 15.1 Å². The Labute approximate surface area is 115 Å². The van der Waals surface area contributed by atoms with Crippen molar-refractivity contribution >= 4 is 11.9 Å². The van der Waals surface area contributed by atoms with E-state index in [1.54, 1.807) is 6.92 Å². The van der Waals surface area contributed by atoms with Crippen molar-refractivity contribution in [2.24, 2.45) is 10.7 Å². The van der Waals surface area contributed by atoms with E-state index < -0.39 is 0 Å². The molecule has 1 fully saturated rings. The van der Waals surface area contributed by atoms with Gasteiger partial charge in [0, 0.05) is 46.2 Å². The molecule has 1 aliphatic rings. The fourth-order valence-electron chi connectivity index (χ4n) is 1.90. The number of hydrogen-bond donors (Lipinski definition) is 2. The lowest BCUT2D eigenvalue weighted by molar-refractivity contribution is -0.130. The van der Waals surface area contributed by atoms with Crippen molar-refractivity contribution in [3.8, 4) is 0 Å². The zero-order valence-corrected chi connectivity index (χ0v) is 12.0. The SMILES string of the molecule is C=C(C)CN=C(N)NCCN1CCN(C(C)=O)CC1. The van der Waals surface area contributed by atoms with E-state index in [9.17, 15) is 4.79 Å². The van der Waals surface area contributed by atoms with Crippen LogP contribution in [0.25, 0.3) is 0 Å². The van der Waals surface area contributed by atoms with E-state index in [0.29, 0.717) is 12.5 Å². The van der Waals surface area contributed by atoms with Gasteiger partial charge < -0.3 is 16.0 Å². The van der Waals surface area contributed by atoms with Crippen LogP contribution < -0.4 is 11.1 Å². The molecule has 0 bridgehead atoms. The van der Waals surface area contributed by atoms with E-state index in [4.69, 9.17) is 5.73 Å². The highest BCUT2D eigenvalue weighted by atomic mass is 16.2. The average Bonchev–Trinajstić information content (AvgIpc) is 2.37. The number of rotatable bonds is 5. The first kappa shape index (κ1) is 15.5. The van der Waals surface area contributed by atoms with Crippen molar-refractivity contribution in [1.29, 1.82) is 0 Å². The van der Waals surface area contributed by atoms with Gasteiger partial charge in [0.2, 0.25) is 5.91 Å². The summed E-state index contributed by atoms with van der Waals surface area (Å²) >= 11 is 0. The number of hydrogen-bond acceptors (Lipinski definition) is 3. The summed E-state index contributed by atoms with van der Waals surface area (Å²) in [5.74, 6) is 0.624. The van der Waals surface area contributed by atoms with Gasteiger partial charge in [-0.15, -0.1) is 0 Å². The zero-order chi connectivity index (χ0) is 14.3. The molecule has 1 heterocycles. The summed E-state index contributed by atoms with van der Waals surface area (Å²) in [6.07, 6.45) is 0. The zero-order valence-electron chi connectivity index (χ0n) is 12.0. The van der Waals surface area contributed by atoms with Crippen LogP contribution in [0.4, 0.5) is 0 Å². The average molecular weight is 267 g/mol. The molecule has 19 heavy (non-hydrogen) atoms. The summed E-state index contributed by atoms with van der Waals surface area (Å²) in [7, 11) is 0. The number of piperazine rings is 1. The molecule has 0 saturated carbocycles. The van der Waals surface area contributed by atoms with Gasteiger partial charge in [-0.25, -0.2) is 4.99 Å². The van der Waals surface area contributed by atoms with Gasteiger partial charge in [0.1, 0.15) is 0 Å². The number of guanidine groups is 1. The molecule has 3 N–H and O–H groups in total. The smallest absolute Gasteiger partial charge is 0.219 e. The standard InChI is InChI=1S/C13H25N5O/c1-11(2)10-16-13(14)15-4-5-17-6-8-18(9-7-17)12(3)19/h1,4-10H2,2-3H3,(H3,14,15,16). The van der Waals surface area contributed by atoms with Crippen LogP contribution in [0.5, 0.6) is 0 Å². The van der Waals surface area contributed by atoms with Gasteiger partial charge in [-0.3, -0.25) is 9.69 Å². The molecule has 1 aliphatic heterocycles. The van der Waals surface area contributed by atoms with Crippen LogP contribution in [0, 0.1) is 0 Å². The number of amides is 1. The Morgan fingerprint density at radius 2 is 1.95 bits per heavy atom. The molecule has 0 aliphatic carbocycles. The first-order chi connectivity index (χ1) is 8.99. The van der Waals surface area contributed by atoms with Gasteiger partial charge in [-0.1, -0.05) is 12.2 Å². The molecule has 0 aromatic rings. The molecular formula is C13H25N5O. The Hall–Kier alpha value is -1.56. The highest BCUT2D eigenvalue weighted by Gasteiger charge is 2.17. The van der Waals surface area contributed by atoms with E-state index in [2.05, 4.69) is 21.8 Å². The third-order valence-electron chi connectivity index (χ3n) is 3.07. The minimum atomic E-state index is 0.161. The van der Waals surface area contributed by atoms with Gasteiger partial charge in [-0.2, -0.15) is 0 Å². The third-order valence-corrected chi connectivity index (χ3v) is 3.07. The second-order valence-corrected chi connectivity index (χ2v) is 4.93. The molecule has 0 radical (unpaired) electrons. The molecule has 1 rings (SSSR count). The third kappa shape index (κ3) is 6.24. The lowest BCUT2D eigenvalue weighted by atomic mass is 10.3. The predicted octanol–water partition coefficient (Wildman–Crippen LogP) is -0.369. The number of aliphatic imine (C=N–C) groups is 1. The molecule has 6 nitrogen and oxygen atoms in total. The van der Waals surface area contributed by atoms with Crippen LogP contribution in [0.1, 0.15) is 13.8 Å². The fourth-order valence-corrected chi connectivity index (χ4v) is 1.90. The highest BCUT2D eigenvalue weighted by molar-refractivity contribution is 5.77. The van der Waals surface area contributed by atoms with Gasteiger partial charge in [0.15, 0.2) is 5.96 Å². The largest absolute Gasteiger partial charge is 0.370 e. The van der Waals surface area contributed by atoms with Crippen molar-refractivity contribution in [2.45, 2.75) is 13.8 Å². The molecule has 6 heteroatoms. The van der Waals surface area contributed by atoms with Crippen LogP contribution in [-0.2, 0) is 4.79 Å². The van der Waals surface area contributed by atoms with E-state index in [1.807, 2.05) is 11.8 Å². The number of nitrogens with two attached hydrogens (primary N) is 1. The number of nitrogens with one attached hydrogen (secondary N) is 1. The normalized spacial score (nSPS) is 17.4. The van der Waals surface area contributed by atoms with Crippen LogP contribution in [0.2, 0.25) is 0 Å². The van der Waals surface area contributed by atoms with Crippen molar-refractivity contribution in [3.63, 3.8) is 0 Å². The molecule has 0 unspecified atom stereocenters. The van der Waals surface area contributed by atoms with Crippen molar-refractivity contribution in [3.05, 3.63) is 12.2 Å². The summed E-state index contributed by atoms with van der Waals surface area (Å²) in [4.78, 5) is 19.5. The Kier molecular flexibility index (Phi) is 6.35. The maximum atomic E-state index is 11.2. The van der Waals surface area contributed by atoms with Gasteiger partial charge >= 0.3 is 0 Å². The number of nitrogens with zero attached hydrogens (tertiary/aromatic N) is 3. The Bertz CT molecular complexity index is 345. The van der Waals surface area contributed by atoms with Crippen LogP contribution in [0.3, 0.4) is 0 Å². The van der Waals surface area contributed by atoms with E-state index in [1.165, 1.54) is 0 Å². The minimum absolute atomic E-state index is 0.161. The maximum absolute atomic E-state index is 11.2. The molecular weight excluding hydrogens is 242 g/mol. The van der Waals surface area contributed by atoms with Gasteiger partial charge in [-0.05, 0) is 6.92 Å². The second kappa shape index (κ2) is 7.78. The molecule has 0 aromatic carbocycles. The molecule has 1 saturated heterocycles. The Morgan fingerprint density at radius 3 is 2.47 bits per heavy atom. The minimum Gasteiger partial charge on any atom is -0.370 e. The Morgan fingerprint density at radius 1 is 1.32 bits per heavy atom. The quantitative estimate of drug-likeness (QED) is 0.405. The second-order valence-electron chi connectivity index (χ2n) is 4.93. The summed E-state index contributed by atoms with van der Waals surface area (Å²) in [6, 6.07) is 0. The summed E-state index contributed by atoms with van der Waals surface area (Å²) < 4.78 is 0. The molecule has 1 amide bonds. The first-order valence-electron chi connectivity index (χ1n) is 6.65. The van der Waals surface area contributed by atoms with E-state index in [-0.39, 0.29) is 5.91 Å². The van der Waals surface area contributed by atoms with Crippen molar-refractivity contribution in [2.75, 3.05) is 45.8 Å². The van der Waals surface area contributed by atoms with Crippen LogP contribution in [0.15, 0.2) is 17.1 Å². The summed E-state index contributed by atoms with van der Waals surface area (Å²) in [5, 5.41) is 3.08. The molecule has 0 spiro atoms. The van der Waals surface area contributed by atoms with Gasteiger partial charge in [0.25, 0.3) is 0 Å². The number of carbonyl (C=O) groups is 1. The molecule has 0 atom stereocenters. The van der Waals surface area contributed by atoms with Crippen molar-refractivity contribution < 1.29 is 4.79 Å². The van der Waals surface area contributed by atoms with E-state index >= 15 is 0 Å². The predicted molar refractivity (Wildman–Crippen MR) is 78.0 cm³/mol. The first-order valence-corrected chi connectivity index (χ1v) is 6.65.